The SMILES string of the molecule is N.O=C(NC(S)CS)OC(S)CS. The van der Waals surface area contributed by atoms with Crippen LogP contribution in [-0.4, -0.2) is 28.4 Å². The van der Waals surface area contributed by atoms with E-state index in [2.05, 4.69) is 55.8 Å². The molecule has 2 atom stereocenters. The minimum absolute atomic E-state index is 0. The number of carbonyl (C=O) groups is 1. The fourth-order valence-corrected chi connectivity index (χ4v) is 0.743. The highest BCUT2D eigenvalue weighted by Gasteiger charge is 2.10. The van der Waals surface area contributed by atoms with E-state index >= 15 is 0 Å². The molecule has 0 aliphatic rings. The van der Waals surface area contributed by atoms with E-state index in [1.54, 1.807) is 0 Å². The van der Waals surface area contributed by atoms with Crippen LogP contribution < -0.4 is 11.5 Å². The van der Waals surface area contributed by atoms with Gasteiger partial charge in [0.15, 0.2) is 5.44 Å². The number of amides is 1. The van der Waals surface area contributed by atoms with Gasteiger partial charge in [-0.1, -0.05) is 0 Å². The molecular formula is C5H14N2O2S4. The second-order valence-corrected chi connectivity index (χ2v) is 3.81. The van der Waals surface area contributed by atoms with Crippen LogP contribution in [-0.2, 0) is 4.74 Å². The van der Waals surface area contributed by atoms with Crippen LogP contribution in [0, 0.1) is 0 Å². The number of thiol groups is 4. The van der Waals surface area contributed by atoms with Gasteiger partial charge >= 0.3 is 6.09 Å². The Balaban J connectivity index is 0. The number of ether oxygens (including phenoxy) is 1. The third-order valence-corrected chi connectivity index (χ3v) is 2.73. The summed E-state index contributed by atoms with van der Waals surface area (Å²) in [6, 6.07) is 0. The topological polar surface area (TPSA) is 73.3 Å². The molecule has 8 heteroatoms. The first-order chi connectivity index (χ1) is 5.60. The van der Waals surface area contributed by atoms with Crippen molar-refractivity contribution in [2.75, 3.05) is 11.5 Å². The highest BCUT2D eigenvalue weighted by atomic mass is 32.1. The fraction of sp³-hybridized carbons (Fsp3) is 0.800. The number of hydrogen-bond acceptors (Lipinski definition) is 7. The first-order valence-corrected chi connectivity index (χ1v) is 5.45. The van der Waals surface area contributed by atoms with Crippen molar-refractivity contribution in [2.24, 2.45) is 0 Å². The summed E-state index contributed by atoms with van der Waals surface area (Å²) < 4.78 is 4.73. The first kappa shape index (κ1) is 16.1. The van der Waals surface area contributed by atoms with Crippen molar-refractivity contribution in [1.82, 2.24) is 11.5 Å². The predicted octanol–water partition coefficient (Wildman–Crippen LogP) is 1.25. The molecule has 0 aliphatic heterocycles. The Labute approximate surface area is 99.8 Å². The van der Waals surface area contributed by atoms with Gasteiger partial charge in [-0.25, -0.2) is 4.79 Å². The van der Waals surface area contributed by atoms with E-state index in [1.165, 1.54) is 0 Å². The Kier molecular flexibility index (Phi) is 11.4. The van der Waals surface area contributed by atoms with Crippen LogP contribution in [0.2, 0.25) is 0 Å². The number of rotatable bonds is 4. The molecule has 0 heterocycles. The summed E-state index contributed by atoms with van der Waals surface area (Å²) in [6.45, 7) is 0. The molecule has 13 heavy (non-hydrogen) atoms. The highest BCUT2D eigenvalue weighted by Crippen LogP contribution is 2.01. The monoisotopic (exact) mass is 262 g/mol. The summed E-state index contributed by atoms with van der Waals surface area (Å²) >= 11 is 15.7. The second-order valence-electron chi connectivity index (χ2n) is 1.89. The summed E-state index contributed by atoms with van der Waals surface area (Å²) in [5.41, 5.74) is -0.492. The molecule has 0 saturated heterocycles. The minimum atomic E-state index is -0.557. The molecule has 0 aromatic heterocycles. The largest absolute Gasteiger partial charge is 0.435 e. The van der Waals surface area contributed by atoms with Crippen molar-refractivity contribution in [3.63, 3.8) is 0 Å². The van der Waals surface area contributed by atoms with Crippen molar-refractivity contribution in [2.45, 2.75) is 10.8 Å². The molecule has 0 aromatic rings. The molecule has 0 saturated carbocycles. The summed E-state index contributed by atoms with van der Waals surface area (Å²) in [4.78, 5) is 10.9. The molecule has 80 valence electrons. The van der Waals surface area contributed by atoms with Gasteiger partial charge in [-0.05, 0) is 0 Å². The maximum absolute atomic E-state index is 10.9. The average molecular weight is 262 g/mol. The Morgan fingerprint density at radius 3 is 2.23 bits per heavy atom. The van der Waals surface area contributed by atoms with Gasteiger partial charge in [-0.3, -0.25) is 0 Å². The minimum Gasteiger partial charge on any atom is -0.435 e. The molecule has 0 aliphatic carbocycles. The molecule has 0 aromatic carbocycles. The zero-order valence-electron chi connectivity index (χ0n) is 6.88. The van der Waals surface area contributed by atoms with Gasteiger partial charge < -0.3 is 16.2 Å². The molecular weight excluding hydrogens is 248 g/mol. The number of hydrogen-bond donors (Lipinski definition) is 6. The Hall–Kier alpha value is 0.630. The smallest absolute Gasteiger partial charge is 0.409 e. The zero-order valence-corrected chi connectivity index (χ0v) is 10.5. The molecule has 0 rings (SSSR count). The van der Waals surface area contributed by atoms with Gasteiger partial charge in [0.2, 0.25) is 0 Å². The van der Waals surface area contributed by atoms with Crippen LogP contribution in [0.1, 0.15) is 0 Å². The van der Waals surface area contributed by atoms with Crippen molar-refractivity contribution in [3.05, 3.63) is 0 Å². The first-order valence-electron chi connectivity index (χ1n) is 3.15. The zero-order chi connectivity index (χ0) is 9.56. The third kappa shape index (κ3) is 8.95. The second kappa shape index (κ2) is 9.20. The van der Waals surface area contributed by atoms with Crippen LogP contribution in [0.15, 0.2) is 0 Å². The standard InChI is InChI=1S/C5H11NO2S4.H3N/c7-5(6-3(11)1-9)8-4(12)2-10;/h3-4,9-12H,1-2H2,(H,6,7);1H3. The van der Waals surface area contributed by atoms with Gasteiger partial charge in [0.05, 0.1) is 5.37 Å². The molecule has 1 amide bonds. The summed E-state index contributed by atoms with van der Waals surface area (Å²) in [5, 5.41) is 2.13. The Morgan fingerprint density at radius 1 is 1.31 bits per heavy atom. The number of nitrogens with one attached hydrogen (secondary N) is 1. The van der Waals surface area contributed by atoms with Crippen LogP contribution in [0.4, 0.5) is 4.79 Å². The van der Waals surface area contributed by atoms with E-state index in [9.17, 15) is 4.79 Å². The van der Waals surface area contributed by atoms with Crippen LogP contribution in [0.3, 0.4) is 0 Å². The maximum Gasteiger partial charge on any atom is 0.409 e. The van der Waals surface area contributed by atoms with Crippen LogP contribution in [0.5, 0.6) is 0 Å². The van der Waals surface area contributed by atoms with Crippen molar-refractivity contribution in [1.29, 1.82) is 0 Å². The van der Waals surface area contributed by atoms with E-state index < -0.39 is 11.5 Å². The van der Waals surface area contributed by atoms with E-state index in [4.69, 9.17) is 4.74 Å². The normalized spacial score (nSPS) is 13.8. The number of alkyl carbamates (subject to hydrolysis) is 1. The Morgan fingerprint density at radius 2 is 1.85 bits per heavy atom. The van der Waals surface area contributed by atoms with Gasteiger partial charge in [-0.15, -0.1) is 12.6 Å². The molecule has 0 fully saturated rings. The summed E-state index contributed by atoms with van der Waals surface area (Å²) in [7, 11) is 0. The summed E-state index contributed by atoms with van der Waals surface area (Å²) in [6.07, 6.45) is -0.557. The highest BCUT2D eigenvalue weighted by molar-refractivity contribution is 7.85. The lowest BCUT2D eigenvalue weighted by molar-refractivity contribution is 0.143. The molecule has 0 spiro atoms. The van der Waals surface area contributed by atoms with E-state index in [1.807, 2.05) is 0 Å². The van der Waals surface area contributed by atoms with Crippen LogP contribution >= 0.6 is 50.5 Å². The maximum atomic E-state index is 10.9. The average Bonchev–Trinajstić information content (AvgIpc) is 2.03. The van der Waals surface area contributed by atoms with E-state index in [-0.39, 0.29) is 11.5 Å². The van der Waals surface area contributed by atoms with E-state index in [0.29, 0.717) is 11.5 Å². The lowest BCUT2D eigenvalue weighted by Gasteiger charge is -2.13. The molecule has 4 N–H and O–H groups in total. The molecule has 2 unspecified atom stereocenters. The molecule has 0 radical (unpaired) electrons. The third-order valence-electron chi connectivity index (χ3n) is 0.857. The lowest BCUT2D eigenvalue weighted by Crippen LogP contribution is -2.34. The van der Waals surface area contributed by atoms with Gasteiger partial charge in [0.25, 0.3) is 0 Å². The van der Waals surface area contributed by atoms with Crippen molar-refractivity contribution >= 4 is 56.6 Å². The van der Waals surface area contributed by atoms with Crippen molar-refractivity contribution in [3.8, 4) is 0 Å². The summed E-state index contributed by atoms with van der Waals surface area (Å²) in [5.74, 6) is 0.810. The fourth-order valence-electron chi connectivity index (χ4n) is 0.377. The number of carbonyl (C=O) groups excluding carboxylic acids is 1. The van der Waals surface area contributed by atoms with E-state index in [0.717, 1.165) is 0 Å². The van der Waals surface area contributed by atoms with Crippen LogP contribution in [0.25, 0.3) is 0 Å². The Bertz CT molecular complexity index is 134. The van der Waals surface area contributed by atoms with Crippen molar-refractivity contribution < 1.29 is 9.53 Å². The van der Waals surface area contributed by atoms with Gasteiger partial charge in [-0.2, -0.15) is 37.9 Å². The predicted molar refractivity (Wildman–Crippen MR) is 67.9 cm³/mol. The van der Waals surface area contributed by atoms with Gasteiger partial charge in [0, 0.05) is 11.5 Å². The van der Waals surface area contributed by atoms with Gasteiger partial charge in [0.1, 0.15) is 0 Å². The quantitative estimate of drug-likeness (QED) is 0.341. The lowest BCUT2D eigenvalue weighted by atomic mass is 10.7. The molecule has 0 bridgehead atoms. The molecule has 4 nitrogen and oxygen atoms in total.